The van der Waals surface area contributed by atoms with Gasteiger partial charge in [-0.25, -0.2) is 4.79 Å². The zero-order chi connectivity index (χ0) is 15.3. The second-order valence-corrected chi connectivity index (χ2v) is 5.14. The second-order valence-electron chi connectivity index (χ2n) is 5.14. The molecule has 0 saturated heterocycles. The normalized spacial score (nSPS) is 13.7. The summed E-state index contributed by atoms with van der Waals surface area (Å²) < 4.78 is 5.51. The highest BCUT2D eigenvalue weighted by Gasteiger charge is 2.33. The molecule has 20 heavy (non-hydrogen) atoms. The average molecular weight is 279 g/mol. The lowest BCUT2D eigenvalue weighted by Crippen LogP contribution is -2.51. The molecule has 1 unspecified atom stereocenters. The summed E-state index contributed by atoms with van der Waals surface area (Å²) in [5, 5.41) is 11.7. The number of carboxylic acids is 1. The van der Waals surface area contributed by atoms with Crippen molar-refractivity contribution in [3.8, 4) is 5.75 Å². The van der Waals surface area contributed by atoms with Gasteiger partial charge in [0.2, 0.25) is 0 Å². The summed E-state index contributed by atoms with van der Waals surface area (Å²) >= 11 is 0. The topological polar surface area (TPSA) is 75.6 Å². The van der Waals surface area contributed by atoms with Crippen LogP contribution in [0.2, 0.25) is 0 Å². The van der Waals surface area contributed by atoms with Gasteiger partial charge in [0.1, 0.15) is 11.3 Å². The maximum atomic E-state index is 12.1. The summed E-state index contributed by atoms with van der Waals surface area (Å²) in [6, 6.07) is 6.69. The van der Waals surface area contributed by atoms with Gasteiger partial charge in [-0.1, -0.05) is 13.0 Å². The van der Waals surface area contributed by atoms with E-state index in [1.54, 1.807) is 31.2 Å². The quantitative estimate of drug-likeness (QED) is 0.838. The van der Waals surface area contributed by atoms with Crippen molar-refractivity contribution in [2.45, 2.75) is 45.8 Å². The fourth-order valence-corrected chi connectivity index (χ4v) is 1.60. The third-order valence-electron chi connectivity index (χ3n) is 3.04. The largest absolute Gasteiger partial charge is 0.491 e. The van der Waals surface area contributed by atoms with Crippen LogP contribution >= 0.6 is 0 Å². The standard InChI is InChI=1S/C15H21NO4/c1-5-15(4,14(18)19)16-13(17)11-7-6-8-12(9-11)20-10(2)3/h6-10H,5H2,1-4H3,(H,16,17)(H,18,19). The highest BCUT2D eigenvalue weighted by molar-refractivity contribution is 5.98. The molecule has 0 aromatic heterocycles. The SMILES string of the molecule is CCC(C)(NC(=O)c1cccc(OC(C)C)c1)C(=O)O. The van der Waals surface area contributed by atoms with Crippen molar-refractivity contribution >= 4 is 11.9 Å². The van der Waals surface area contributed by atoms with E-state index in [1.165, 1.54) is 6.92 Å². The molecule has 5 heteroatoms. The first-order chi connectivity index (χ1) is 9.28. The summed E-state index contributed by atoms with van der Waals surface area (Å²) in [7, 11) is 0. The molecule has 0 heterocycles. The van der Waals surface area contributed by atoms with Gasteiger partial charge in [0.15, 0.2) is 0 Å². The first-order valence-corrected chi connectivity index (χ1v) is 6.61. The molecule has 1 amide bonds. The van der Waals surface area contributed by atoms with Gasteiger partial charge in [0.25, 0.3) is 5.91 Å². The molecule has 0 saturated carbocycles. The molecule has 0 aliphatic carbocycles. The van der Waals surface area contributed by atoms with Crippen LogP contribution in [-0.4, -0.2) is 28.6 Å². The van der Waals surface area contributed by atoms with Gasteiger partial charge in [-0.05, 0) is 45.4 Å². The Morgan fingerprint density at radius 3 is 2.55 bits per heavy atom. The van der Waals surface area contributed by atoms with Crippen LogP contribution in [0.15, 0.2) is 24.3 Å². The van der Waals surface area contributed by atoms with E-state index in [2.05, 4.69) is 5.32 Å². The fraction of sp³-hybridized carbons (Fsp3) is 0.467. The van der Waals surface area contributed by atoms with Crippen molar-refractivity contribution in [1.82, 2.24) is 5.32 Å². The number of nitrogens with one attached hydrogen (secondary N) is 1. The summed E-state index contributed by atoms with van der Waals surface area (Å²) in [6.07, 6.45) is 0.309. The highest BCUT2D eigenvalue weighted by atomic mass is 16.5. The number of carbonyl (C=O) groups is 2. The van der Waals surface area contributed by atoms with Gasteiger partial charge < -0.3 is 15.2 Å². The number of hydrogen-bond acceptors (Lipinski definition) is 3. The predicted octanol–water partition coefficient (Wildman–Crippen LogP) is 2.46. The van der Waals surface area contributed by atoms with Gasteiger partial charge in [0, 0.05) is 5.56 Å². The van der Waals surface area contributed by atoms with Crippen LogP contribution in [0.25, 0.3) is 0 Å². The first kappa shape index (κ1) is 16.0. The minimum Gasteiger partial charge on any atom is -0.491 e. The van der Waals surface area contributed by atoms with Crippen LogP contribution in [0.1, 0.15) is 44.5 Å². The molecule has 5 nitrogen and oxygen atoms in total. The summed E-state index contributed by atoms with van der Waals surface area (Å²) in [4.78, 5) is 23.3. The molecule has 110 valence electrons. The lowest BCUT2D eigenvalue weighted by atomic mass is 9.98. The van der Waals surface area contributed by atoms with Crippen molar-refractivity contribution in [3.05, 3.63) is 29.8 Å². The fourth-order valence-electron chi connectivity index (χ4n) is 1.60. The second kappa shape index (κ2) is 6.41. The molecule has 1 atom stereocenters. The van der Waals surface area contributed by atoms with E-state index in [1.807, 2.05) is 13.8 Å². The predicted molar refractivity (Wildman–Crippen MR) is 76.0 cm³/mol. The number of aliphatic carboxylic acids is 1. The van der Waals surface area contributed by atoms with Crippen LogP contribution in [0.4, 0.5) is 0 Å². The zero-order valence-corrected chi connectivity index (χ0v) is 12.3. The Morgan fingerprint density at radius 2 is 2.05 bits per heavy atom. The molecule has 1 aromatic rings. The summed E-state index contributed by atoms with van der Waals surface area (Å²) in [5.74, 6) is -0.893. The number of carbonyl (C=O) groups excluding carboxylic acids is 1. The van der Waals surface area contributed by atoms with Gasteiger partial charge in [-0.2, -0.15) is 0 Å². The Labute approximate surface area is 118 Å². The van der Waals surface area contributed by atoms with Crippen LogP contribution in [0.3, 0.4) is 0 Å². The maximum Gasteiger partial charge on any atom is 0.329 e. The van der Waals surface area contributed by atoms with Crippen molar-refractivity contribution in [2.75, 3.05) is 0 Å². The van der Waals surface area contributed by atoms with E-state index in [-0.39, 0.29) is 6.10 Å². The van der Waals surface area contributed by atoms with E-state index in [0.717, 1.165) is 0 Å². The average Bonchev–Trinajstić information content (AvgIpc) is 2.37. The monoisotopic (exact) mass is 279 g/mol. The summed E-state index contributed by atoms with van der Waals surface area (Å²) in [5.41, 5.74) is -0.893. The third kappa shape index (κ3) is 3.98. The molecule has 0 radical (unpaired) electrons. The van der Waals surface area contributed by atoms with E-state index in [4.69, 9.17) is 9.84 Å². The van der Waals surface area contributed by atoms with Crippen molar-refractivity contribution < 1.29 is 19.4 Å². The van der Waals surface area contributed by atoms with E-state index in [9.17, 15) is 9.59 Å². The maximum absolute atomic E-state index is 12.1. The molecular weight excluding hydrogens is 258 g/mol. The van der Waals surface area contributed by atoms with Crippen molar-refractivity contribution in [1.29, 1.82) is 0 Å². The third-order valence-corrected chi connectivity index (χ3v) is 3.04. The lowest BCUT2D eigenvalue weighted by Gasteiger charge is -2.24. The molecule has 0 spiro atoms. The Hall–Kier alpha value is -2.04. The van der Waals surface area contributed by atoms with E-state index < -0.39 is 17.4 Å². The molecular formula is C15H21NO4. The molecule has 2 N–H and O–H groups in total. The Morgan fingerprint density at radius 1 is 1.40 bits per heavy atom. The van der Waals surface area contributed by atoms with Gasteiger partial charge in [-0.3, -0.25) is 4.79 Å². The van der Waals surface area contributed by atoms with Crippen molar-refractivity contribution in [3.63, 3.8) is 0 Å². The molecule has 0 bridgehead atoms. The van der Waals surface area contributed by atoms with Gasteiger partial charge >= 0.3 is 5.97 Å². The number of benzene rings is 1. The Balaban J connectivity index is 2.90. The minimum atomic E-state index is -1.27. The van der Waals surface area contributed by atoms with Crippen molar-refractivity contribution in [2.24, 2.45) is 0 Å². The number of hydrogen-bond donors (Lipinski definition) is 2. The Kier molecular flexibility index (Phi) is 5.13. The number of carboxylic acid groups (broad SMARTS) is 1. The van der Waals surface area contributed by atoms with Gasteiger partial charge in [-0.15, -0.1) is 0 Å². The Bertz CT molecular complexity index is 498. The van der Waals surface area contributed by atoms with Crippen LogP contribution < -0.4 is 10.1 Å². The van der Waals surface area contributed by atoms with E-state index >= 15 is 0 Å². The zero-order valence-electron chi connectivity index (χ0n) is 12.3. The summed E-state index contributed by atoms with van der Waals surface area (Å²) in [6.45, 7) is 6.99. The number of amides is 1. The lowest BCUT2D eigenvalue weighted by molar-refractivity contribution is -0.143. The van der Waals surface area contributed by atoms with Crippen LogP contribution in [0.5, 0.6) is 5.75 Å². The van der Waals surface area contributed by atoms with Gasteiger partial charge in [0.05, 0.1) is 6.10 Å². The molecule has 0 fully saturated rings. The van der Waals surface area contributed by atoms with Crippen LogP contribution in [-0.2, 0) is 4.79 Å². The first-order valence-electron chi connectivity index (χ1n) is 6.61. The number of ether oxygens (including phenoxy) is 1. The molecule has 1 aromatic carbocycles. The van der Waals surface area contributed by atoms with Crippen LogP contribution in [0, 0.1) is 0 Å². The number of rotatable bonds is 6. The molecule has 0 aliphatic heterocycles. The molecule has 0 aliphatic rings. The van der Waals surface area contributed by atoms with E-state index in [0.29, 0.717) is 17.7 Å². The minimum absolute atomic E-state index is 0.00763. The highest BCUT2D eigenvalue weighted by Crippen LogP contribution is 2.17. The smallest absolute Gasteiger partial charge is 0.329 e. The molecule has 1 rings (SSSR count).